The largest absolute Gasteiger partial charge is 0.416 e. The second kappa shape index (κ2) is 15.0. The minimum absolute atomic E-state index is 0.248. The summed E-state index contributed by atoms with van der Waals surface area (Å²) in [6.45, 7) is 0. The molecule has 0 aliphatic heterocycles. The van der Waals surface area contributed by atoms with Crippen LogP contribution in [-0.4, -0.2) is 0 Å². The lowest BCUT2D eigenvalue weighted by Crippen LogP contribution is -2.11. The number of halogens is 8. The van der Waals surface area contributed by atoms with E-state index in [-0.39, 0.29) is 12.2 Å². The average Bonchev–Trinajstić information content (AvgIpc) is 3.03. The maximum Gasteiger partial charge on any atom is 0.416 e. The Morgan fingerprint density at radius 3 is 1.76 bits per heavy atom. The molecule has 0 fully saturated rings. The number of rotatable bonds is 11. The van der Waals surface area contributed by atoms with E-state index in [1.807, 2.05) is 30.3 Å². The van der Waals surface area contributed by atoms with Gasteiger partial charge in [-0.05, 0) is 114 Å². The van der Waals surface area contributed by atoms with Crippen molar-refractivity contribution < 1.29 is 22.0 Å². The van der Waals surface area contributed by atoms with E-state index in [0.717, 1.165) is 39.9 Å². The highest BCUT2D eigenvalue weighted by Gasteiger charge is 2.30. The van der Waals surface area contributed by atoms with E-state index in [4.69, 9.17) is 34.8 Å². The zero-order valence-corrected chi connectivity index (χ0v) is 27.0. The first-order chi connectivity index (χ1) is 22.0. The fraction of sp³-hybridized carbons (Fsp3) is 0.211. The molecule has 5 aromatic carbocycles. The average molecular weight is 688 g/mol. The second-order valence-electron chi connectivity index (χ2n) is 11.2. The Bertz CT molecular complexity index is 1780. The standard InChI is InChI=1S/C38H30Cl3F5/c39-34-10-5-11-35(43)31(34)20-21-32-36(40)30(19-15-26-8-4-9-27(22-26)38(44,45)46)29(18-14-24-12-16-28(42)17-13-24)33(37(32)41)23-25-6-2-1-3-7-25/h1-13,16-17,22H,14-15,18-21,23H2. The van der Waals surface area contributed by atoms with Crippen molar-refractivity contribution in [3.05, 3.63) is 174 Å². The first-order valence-corrected chi connectivity index (χ1v) is 16.0. The van der Waals surface area contributed by atoms with E-state index < -0.39 is 17.6 Å². The van der Waals surface area contributed by atoms with E-state index in [0.29, 0.717) is 70.3 Å². The summed E-state index contributed by atoms with van der Waals surface area (Å²) in [6, 6.07) is 25.9. The highest BCUT2D eigenvalue weighted by molar-refractivity contribution is 6.37. The van der Waals surface area contributed by atoms with Crippen LogP contribution in [0, 0.1) is 11.6 Å². The van der Waals surface area contributed by atoms with Gasteiger partial charge >= 0.3 is 6.18 Å². The van der Waals surface area contributed by atoms with Crippen LogP contribution in [0.1, 0.15) is 50.1 Å². The maximum absolute atomic E-state index is 14.7. The Morgan fingerprint density at radius 2 is 1.07 bits per heavy atom. The molecule has 5 aromatic rings. The molecular formula is C38H30Cl3F5. The van der Waals surface area contributed by atoms with Gasteiger partial charge in [0.05, 0.1) is 5.56 Å². The van der Waals surface area contributed by atoms with Crippen LogP contribution in [0.5, 0.6) is 0 Å². The van der Waals surface area contributed by atoms with E-state index in [9.17, 15) is 22.0 Å². The Kier molecular flexibility index (Phi) is 11.1. The van der Waals surface area contributed by atoms with E-state index in [1.54, 1.807) is 30.3 Å². The number of benzene rings is 5. The Hall–Kier alpha value is -3.38. The normalized spacial score (nSPS) is 11.7. The van der Waals surface area contributed by atoms with Crippen LogP contribution in [0.3, 0.4) is 0 Å². The van der Waals surface area contributed by atoms with Crippen LogP contribution in [0.4, 0.5) is 22.0 Å². The monoisotopic (exact) mass is 686 g/mol. The molecule has 0 saturated heterocycles. The van der Waals surface area contributed by atoms with Crippen LogP contribution in [-0.2, 0) is 51.1 Å². The number of alkyl halides is 3. The quantitative estimate of drug-likeness (QED) is 0.121. The first-order valence-electron chi connectivity index (χ1n) is 14.9. The summed E-state index contributed by atoms with van der Waals surface area (Å²) < 4.78 is 68.8. The molecule has 0 nitrogen and oxygen atoms in total. The van der Waals surface area contributed by atoms with Crippen molar-refractivity contribution in [2.24, 2.45) is 0 Å². The van der Waals surface area contributed by atoms with E-state index in [1.165, 1.54) is 24.3 Å². The lowest BCUT2D eigenvalue weighted by atomic mass is 9.86. The molecule has 5 rings (SSSR count). The summed E-state index contributed by atoms with van der Waals surface area (Å²) >= 11 is 20.7. The molecule has 0 spiro atoms. The molecule has 0 radical (unpaired) electrons. The van der Waals surface area contributed by atoms with Gasteiger partial charge in [0, 0.05) is 20.6 Å². The van der Waals surface area contributed by atoms with Crippen LogP contribution in [0.15, 0.2) is 97.1 Å². The van der Waals surface area contributed by atoms with Crippen molar-refractivity contribution in [2.45, 2.75) is 51.1 Å². The van der Waals surface area contributed by atoms with Crippen LogP contribution in [0.2, 0.25) is 15.1 Å². The molecule has 0 heterocycles. The molecule has 8 heteroatoms. The maximum atomic E-state index is 14.7. The minimum atomic E-state index is -4.46. The molecule has 0 atom stereocenters. The molecule has 238 valence electrons. The van der Waals surface area contributed by atoms with Gasteiger partial charge in [0.1, 0.15) is 11.6 Å². The highest BCUT2D eigenvalue weighted by Crippen LogP contribution is 2.40. The van der Waals surface area contributed by atoms with Crippen molar-refractivity contribution >= 4 is 34.8 Å². The van der Waals surface area contributed by atoms with Gasteiger partial charge in [-0.15, -0.1) is 0 Å². The van der Waals surface area contributed by atoms with Crippen molar-refractivity contribution in [3.8, 4) is 0 Å². The molecule has 0 aliphatic rings. The summed E-state index contributed by atoms with van der Waals surface area (Å²) in [4.78, 5) is 0. The zero-order chi connectivity index (χ0) is 32.8. The lowest BCUT2D eigenvalue weighted by molar-refractivity contribution is -0.137. The fourth-order valence-electron chi connectivity index (χ4n) is 5.79. The first kappa shape index (κ1) is 34.0. The number of aryl methyl sites for hydroxylation is 2. The second-order valence-corrected chi connectivity index (χ2v) is 12.4. The van der Waals surface area contributed by atoms with Gasteiger partial charge in [-0.1, -0.05) is 102 Å². The van der Waals surface area contributed by atoms with Gasteiger partial charge in [0.15, 0.2) is 0 Å². The molecule has 0 aliphatic carbocycles. The Labute approximate surface area is 280 Å². The van der Waals surface area contributed by atoms with Gasteiger partial charge in [0.25, 0.3) is 0 Å². The van der Waals surface area contributed by atoms with Gasteiger partial charge in [-0.25, -0.2) is 8.78 Å². The molecule has 46 heavy (non-hydrogen) atoms. The summed E-state index contributed by atoms with van der Waals surface area (Å²) in [5.74, 6) is -0.759. The van der Waals surface area contributed by atoms with Crippen molar-refractivity contribution in [2.75, 3.05) is 0 Å². The fourth-order valence-corrected chi connectivity index (χ4v) is 6.86. The summed E-state index contributed by atoms with van der Waals surface area (Å²) in [7, 11) is 0. The minimum Gasteiger partial charge on any atom is -0.207 e. The van der Waals surface area contributed by atoms with Crippen LogP contribution in [0.25, 0.3) is 0 Å². The summed E-state index contributed by atoms with van der Waals surface area (Å²) in [5.41, 5.74) is 5.28. The molecule has 0 bridgehead atoms. The summed E-state index contributed by atoms with van der Waals surface area (Å²) in [6.07, 6.45) is -1.69. The number of hydrogen-bond acceptors (Lipinski definition) is 0. The van der Waals surface area contributed by atoms with Gasteiger partial charge < -0.3 is 0 Å². The molecular weight excluding hydrogens is 658 g/mol. The van der Waals surface area contributed by atoms with Gasteiger partial charge in [-0.2, -0.15) is 13.2 Å². The van der Waals surface area contributed by atoms with Gasteiger partial charge in [-0.3, -0.25) is 0 Å². The number of hydrogen-bond donors (Lipinski definition) is 0. The molecule has 0 N–H and O–H groups in total. The predicted molar refractivity (Wildman–Crippen MR) is 177 cm³/mol. The van der Waals surface area contributed by atoms with Crippen LogP contribution >= 0.6 is 34.8 Å². The molecule has 0 saturated carbocycles. The smallest absolute Gasteiger partial charge is 0.207 e. The third kappa shape index (κ3) is 8.31. The van der Waals surface area contributed by atoms with Crippen molar-refractivity contribution in [1.29, 1.82) is 0 Å². The Balaban J connectivity index is 1.60. The van der Waals surface area contributed by atoms with Gasteiger partial charge in [0.2, 0.25) is 0 Å². The topological polar surface area (TPSA) is 0 Å². The predicted octanol–water partition coefficient (Wildman–Crippen LogP) is 11.9. The molecule has 0 unspecified atom stereocenters. The zero-order valence-electron chi connectivity index (χ0n) is 24.7. The lowest BCUT2D eigenvalue weighted by Gasteiger charge is -2.23. The SMILES string of the molecule is Fc1ccc(CCc2c(CCc3cccc(C(F)(F)F)c3)c(Cl)c(CCc3c(F)cccc3Cl)c(Cl)c2Cc2ccccc2)cc1. The van der Waals surface area contributed by atoms with Crippen molar-refractivity contribution in [1.82, 2.24) is 0 Å². The van der Waals surface area contributed by atoms with E-state index in [2.05, 4.69) is 0 Å². The van der Waals surface area contributed by atoms with Crippen molar-refractivity contribution in [3.63, 3.8) is 0 Å². The highest BCUT2D eigenvalue weighted by atomic mass is 35.5. The van der Waals surface area contributed by atoms with Crippen LogP contribution < -0.4 is 0 Å². The molecule has 0 amide bonds. The summed E-state index contributed by atoms with van der Waals surface area (Å²) in [5, 5.41) is 1.19. The third-order valence-electron chi connectivity index (χ3n) is 8.19. The molecule has 0 aromatic heterocycles. The third-order valence-corrected chi connectivity index (χ3v) is 9.46. The Morgan fingerprint density at radius 1 is 0.478 bits per heavy atom. The van der Waals surface area contributed by atoms with E-state index >= 15 is 0 Å².